The second-order valence-electron chi connectivity index (χ2n) is 6.10. The molecule has 126 valence electrons. The fourth-order valence-electron chi connectivity index (χ4n) is 3.23. The maximum absolute atomic E-state index is 12.3. The minimum Gasteiger partial charge on any atom is -0.352 e. The zero-order valence-electron chi connectivity index (χ0n) is 13.2. The fourth-order valence-corrected chi connectivity index (χ4v) is 3.43. The minimum atomic E-state index is -0.242. The van der Waals surface area contributed by atoms with Gasteiger partial charge in [0.15, 0.2) is 0 Å². The van der Waals surface area contributed by atoms with E-state index in [0.29, 0.717) is 24.4 Å². The van der Waals surface area contributed by atoms with Crippen molar-refractivity contribution >= 4 is 29.3 Å². The smallest absolute Gasteiger partial charge is 0.233 e. The van der Waals surface area contributed by atoms with Crippen LogP contribution in [0.2, 0.25) is 5.02 Å². The van der Waals surface area contributed by atoms with E-state index in [1.165, 1.54) is 4.90 Å². The molecule has 0 saturated carbocycles. The van der Waals surface area contributed by atoms with E-state index >= 15 is 0 Å². The van der Waals surface area contributed by atoms with Gasteiger partial charge in [-0.25, -0.2) is 0 Å². The zero-order valence-corrected chi connectivity index (χ0v) is 14.0. The average Bonchev–Trinajstić information content (AvgIpc) is 2.84. The predicted molar refractivity (Wildman–Crippen MR) is 90.0 cm³/mol. The molecule has 1 aliphatic carbocycles. The molecule has 0 bridgehead atoms. The Labute approximate surface area is 145 Å². The molecule has 1 fully saturated rings. The summed E-state index contributed by atoms with van der Waals surface area (Å²) in [6.07, 6.45) is 5.24. The molecule has 6 heteroatoms. The Morgan fingerprint density at radius 1 is 1.12 bits per heavy atom. The van der Waals surface area contributed by atoms with Crippen molar-refractivity contribution in [2.75, 3.05) is 6.54 Å². The van der Waals surface area contributed by atoms with Crippen LogP contribution in [0.15, 0.2) is 36.4 Å². The van der Waals surface area contributed by atoms with Crippen LogP contribution in [0.3, 0.4) is 0 Å². The SMILES string of the molecule is O=C(CCN1C(=O)[C@H]2CC=CC[C@H]2C1=O)NCc1ccccc1Cl. The second kappa shape index (κ2) is 7.18. The van der Waals surface area contributed by atoms with Crippen LogP contribution < -0.4 is 5.32 Å². The molecule has 2 atom stereocenters. The fraction of sp³-hybridized carbons (Fsp3) is 0.389. The van der Waals surface area contributed by atoms with Gasteiger partial charge in [-0.05, 0) is 24.5 Å². The summed E-state index contributed by atoms with van der Waals surface area (Å²) < 4.78 is 0. The minimum absolute atomic E-state index is 0.106. The molecular formula is C18H19ClN2O3. The number of hydrogen-bond donors (Lipinski definition) is 1. The Hall–Kier alpha value is -2.14. The highest BCUT2D eigenvalue weighted by Crippen LogP contribution is 2.34. The largest absolute Gasteiger partial charge is 0.352 e. The van der Waals surface area contributed by atoms with E-state index in [4.69, 9.17) is 11.6 Å². The van der Waals surface area contributed by atoms with Gasteiger partial charge in [-0.15, -0.1) is 0 Å². The number of allylic oxidation sites excluding steroid dienone is 2. The molecule has 5 nitrogen and oxygen atoms in total. The van der Waals surface area contributed by atoms with E-state index < -0.39 is 0 Å². The lowest BCUT2D eigenvalue weighted by Crippen LogP contribution is -2.35. The summed E-state index contributed by atoms with van der Waals surface area (Å²) in [5.74, 6) is -0.979. The van der Waals surface area contributed by atoms with Crippen LogP contribution in [0.5, 0.6) is 0 Å². The molecule has 2 aliphatic rings. The lowest BCUT2D eigenvalue weighted by Gasteiger charge is -2.14. The molecule has 1 N–H and O–H groups in total. The maximum atomic E-state index is 12.3. The number of carbonyl (C=O) groups is 3. The summed E-state index contributed by atoms with van der Waals surface area (Å²) in [4.78, 5) is 37.9. The Kier molecular flexibility index (Phi) is 5.00. The summed E-state index contributed by atoms with van der Waals surface area (Å²) in [6, 6.07) is 7.28. The van der Waals surface area contributed by atoms with E-state index in [2.05, 4.69) is 5.32 Å². The van der Waals surface area contributed by atoms with Crippen LogP contribution in [0.4, 0.5) is 0 Å². The summed E-state index contributed by atoms with van der Waals surface area (Å²) in [5.41, 5.74) is 0.831. The van der Waals surface area contributed by atoms with Gasteiger partial charge >= 0.3 is 0 Å². The van der Waals surface area contributed by atoms with Crippen molar-refractivity contribution in [1.29, 1.82) is 0 Å². The predicted octanol–water partition coefficient (Wildman–Crippen LogP) is 2.30. The molecule has 1 aromatic rings. The molecule has 3 amide bonds. The number of halogens is 1. The van der Waals surface area contributed by atoms with Gasteiger partial charge < -0.3 is 5.32 Å². The van der Waals surface area contributed by atoms with Gasteiger partial charge in [0.2, 0.25) is 17.7 Å². The maximum Gasteiger partial charge on any atom is 0.233 e. The third kappa shape index (κ3) is 3.36. The molecule has 0 radical (unpaired) electrons. The summed E-state index contributed by atoms with van der Waals surface area (Å²) in [6.45, 7) is 0.467. The first kappa shape index (κ1) is 16.7. The molecule has 0 unspecified atom stereocenters. The van der Waals surface area contributed by atoms with Crippen LogP contribution >= 0.6 is 11.6 Å². The van der Waals surface area contributed by atoms with Crippen molar-refractivity contribution < 1.29 is 14.4 Å². The number of benzene rings is 1. The van der Waals surface area contributed by atoms with Gasteiger partial charge in [-0.2, -0.15) is 0 Å². The van der Waals surface area contributed by atoms with E-state index in [0.717, 1.165) is 5.56 Å². The van der Waals surface area contributed by atoms with Crippen LogP contribution in [-0.4, -0.2) is 29.2 Å². The molecule has 1 aromatic carbocycles. The first-order valence-corrected chi connectivity index (χ1v) is 8.46. The highest BCUT2D eigenvalue weighted by Gasteiger charge is 2.46. The Bertz CT molecular complexity index is 675. The molecule has 1 heterocycles. The van der Waals surface area contributed by atoms with Crippen molar-refractivity contribution in [2.24, 2.45) is 11.8 Å². The van der Waals surface area contributed by atoms with Crippen molar-refractivity contribution in [3.8, 4) is 0 Å². The van der Waals surface area contributed by atoms with Crippen LogP contribution in [0.25, 0.3) is 0 Å². The van der Waals surface area contributed by atoms with Crippen molar-refractivity contribution in [2.45, 2.75) is 25.8 Å². The lowest BCUT2D eigenvalue weighted by atomic mass is 9.85. The van der Waals surface area contributed by atoms with Crippen LogP contribution in [0.1, 0.15) is 24.8 Å². The van der Waals surface area contributed by atoms with E-state index in [1.807, 2.05) is 30.4 Å². The highest BCUT2D eigenvalue weighted by molar-refractivity contribution is 6.31. The Morgan fingerprint density at radius 2 is 1.75 bits per heavy atom. The number of fused-ring (bicyclic) bond motifs is 1. The van der Waals surface area contributed by atoms with Gasteiger partial charge in [0.1, 0.15) is 0 Å². The number of nitrogens with one attached hydrogen (secondary N) is 1. The molecule has 24 heavy (non-hydrogen) atoms. The topological polar surface area (TPSA) is 66.5 Å². The van der Waals surface area contributed by atoms with Gasteiger partial charge in [0, 0.05) is 24.5 Å². The van der Waals surface area contributed by atoms with E-state index in [1.54, 1.807) is 6.07 Å². The van der Waals surface area contributed by atoms with E-state index in [-0.39, 0.29) is 42.5 Å². The third-order valence-corrected chi connectivity index (χ3v) is 4.96. The number of nitrogens with zero attached hydrogens (tertiary/aromatic N) is 1. The monoisotopic (exact) mass is 346 g/mol. The summed E-state index contributed by atoms with van der Waals surface area (Å²) in [5, 5.41) is 3.37. The number of rotatable bonds is 5. The number of likely N-dealkylation sites (tertiary alicyclic amines) is 1. The molecule has 0 spiro atoms. The standard InChI is InChI=1S/C18H19ClN2O3/c19-15-8-4-1-5-12(15)11-20-16(22)9-10-21-17(23)13-6-2-3-7-14(13)18(21)24/h1-5,8,13-14H,6-7,9-11H2,(H,20,22)/t13-,14+. The third-order valence-electron chi connectivity index (χ3n) is 4.60. The van der Waals surface area contributed by atoms with Crippen LogP contribution in [0, 0.1) is 11.8 Å². The van der Waals surface area contributed by atoms with E-state index in [9.17, 15) is 14.4 Å². The van der Waals surface area contributed by atoms with Crippen molar-refractivity contribution in [3.63, 3.8) is 0 Å². The molecule has 1 aliphatic heterocycles. The Balaban J connectivity index is 1.51. The van der Waals surface area contributed by atoms with Gasteiger partial charge in [0.25, 0.3) is 0 Å². The summed E-state index contributed by atoms with van der Waals surface area (Å²) >= 11 is 6.04. The molecule has 1 saturated heterocycles. The quantitative estimate of drug-likeness (QED) is 0.657. The lowest BCUT2D eigenvalue weighted by molar-refractivity contribution is -0.140. The second-order valence-corrected chi connectivity index (χ2v) is 6.51. The number of amides is 3. The van der Waals surface area contributed by atoms with Gasteiger partial charge in [-0.1, -0.05) is 42.0 Å². The first-order chi connectivity index (χ1) is 11.6. The Morgan fingerprint density at radius 3 is 2.38 bits per heavy atom. The summed E-state index contributed by atoms with van der Waals surface area (Å²) in [7, 11) is 0. The number of hydrogen-bond acceptors (Lipinski definition) is 3. The number of carbonyl (C=O) groups excluding carboxylic acids is 3. The van der Waals surface area contributed by atoms with Gasteiger partial charge in [0.05, 0.1) is 11.8 Å². The molecular weight excluding hydrogens is 328 g/mol. The van der Waals surface area contributed by atoms with Crippen LogP contribution in [-0.2, 0) is 20.9 Å². The first-order valence-electron chi connectivity index (χ1n) is 8.08. The number of imide groups is 1. The highest BCUT2D eigenvalue weighted by atomic mass is 35.5. The van der Waals surface area contributed by atoms with Crippen molar-refractivity contribution in [1.82, 2.24) is 10.2 Å². The normalized spacial score (nSPS) is 22.6. The molecule has 3 rings (SSSR count). The average molecular weight is 347 g/mol. The zero-order chi connectivity index (χ0) is 17.1. The van der Waals surface area contributed by atoms with Gasteiger partial charge in [-0.3, -0.25) is 19.3 Å². The van der Waals surface area contributed by atoms with Crippen molar-refractivity contribution in [3.05, 3.63) is 47.0 Å². The molecule has 0 aromatic heterocycles.